The van der Waals surface area contributed by atoms with Crippen LogP contribution in [0.4, 0.5) is 14.5 Å². The Kier molecular flexibility index (Phi) is 11.4. The summed E-state index contributed by atoms with van der Waals surface area (Å²) in [4.78, 5) is 52.2. The molecule has 9 rings (SSSR count). The number of halogens is 2. The summed E-state index contributed by atoms with van der Waals surface area (Å²) in [7, 11) is -1.44. The van der Waals surface area contributed by atoms with Crippen LogP contribution in [0.25, 0.3) is 16.6 Å². The van der Waals surface area contributed by atoms with Crippen molar-refractivity contribution in [2.75, 3.05) is 26.0 Å². The standard InChI is InChI=1S/C49H55F2N9O6S/c1-9-67(64,53-8)35-11-13-39(36(50)24-35)58-17-18-59(47(58)63)43(54-34-20-27(2)42(51)28(3)21-34)41-30(5)57(16-14-37(41)52)44(61)40-23-33-22-31(32-15-19-65-48(6,7)26-32)10-12-38(33)60(40)49(25-29(49)4)45-55-46(62)66-56-45/h10-13,17-18,20-24,29-30,32H,9,14-16,19,25-26,52H2,1-8H3,(H,55,56,62)/t29-,30-,32-,49-,67?/m0/s1. The Morgan fingerprint density at radius 1 is 1.03 bits per heavy atom. The highest BCUT2D eigenvalue weighted by Crippen LogP contribution is 2.56. The first-order valence-electron chi connectivity index (χ1n) is 22.6. The highest BCUT2D eigenvalue weighted by atomic mass is 32.2. The van der Waals surface area contributed by atoms with Crippen molar-refractivity contribution >= 4 is 38.1 Å². The third kappa shape index (κ3) is 7.76. The zero-order valence-electron chi connectivity index (χ0n) is 38.9. The van der Waals surface area contributed by atoms with Crippen LogP contribution in [-0.4, -0.2) is 82.3 Å². The Labute approximate surface area is 386 Å². The zero-order valence-corrected chi connectivity index (χ0v) is 39.7. The van der Waals surface area contributed by atoms with E-state index in [2.05, 4.69) is 40.5 Å². The molecule has 1 saturated carbocycles. The van der Waals surface area contributed by atoms with E-state index < -0.39 is 44.4 Å². The maximum Gasteiger partial charge on any atom is 0.438 e. The fourth-order valence-electron chi connectivity index (χ4n) is 10.3. The number of hydrogen-bond acceptors (Lipinski definition) is 10. The van der Waals surface area contributed by atoms with E-state index in [-0.39, 0.29) is 58.5 Å². The first kappa shape index (κ1) is 45.7. The van der Waals surface area contributed by atoms with E-state index in [0.717, 1.165) is 39.9 Å². The number of H-pyrrole nitrogens is 1. The summed E-state index contributed by atoms with van der Waals surface area (Å²) in [5.41, 5.74) is 8.92. The number of carbonyl (C=O) groups is 1. The summed E-state index contributed by atoms with van der Waals surface area (Å²) < 4.78 is 63.7. The van der Waals surface area contributed by atoms with E-state index in [4.69, 9.17) is 20.0 Å². The average Bonchev–Trinajstić information content (AvgIpc) is 3.60. The first-order chi connectivity index (χ1) is 31.8. The predicted molar refractivity (Wildman–Crippen MR) is 252 cm³/mol. The molecule has 0 radical (unpaired) electrons. The Balaban J connectivity index is 1.17. The van der Waals surface area contributed by atoms with E-state index >= 15 is 9.18 Å². The van der Waals surface area contributed by atoms with Crippen LogP contribution in [0.1, 0.15) is 99.2 Å². The number of nitrogens with two attached hydrogens (primary N) is 1. The lowest BCUT2D eigenvalue weighted by Gasteiger charge is -2.37. The van der Waals surface area contributed by atoms with Crippen LogP contribution in [0, 0.1) is 31.4 Å². The number of aryl methyl sites for hydroxylation is 2. The number of ether oxygens (including phenoxy) is 1. The van der Waals surface area contributed by atoms with Crippen LogP contribution in [0.15, 0.2) is 107 Å². The number of imidazole rings is 1. The van der Waals surface area contributed by atoms with E-state index in [9.17, 15) is 18.2 Å². The van der Waals surface area contributed by atoms with Crippen molar-refractivity contribution in [2.24, 2.45) is 21.0 Å². The molecule has 1 saturated heterocycles. The molecule has 0 bridgehead atoms. The maximum atomic E-state index is 16.0. The molecule has 5 atom stereocenters. The number of carbonyl (C=O) groups excluding carboxylic acids is 1. The van der Waals surface area contributed by atoms with Crippen LogP contribution in [0.5, 0.6) is 0 Å². The molecular weight excluding hydrogens is 881 g/mol. The minimum Gasteiger partial charge on any atom is -0.402 e. The number of aromatic amines is 1. The summed E-state index contributed by atoms with van der Waals surface area (Å²) >= 11 is 0. The highest BCUT2D eigenvalue weighted by Gasteiger charge is 2.59. The van der Waals surface area contributed by atoms with Crippen LogP contribution >= 0.6 is 0 Å². The van der Waals surface area contributed by atoms with Gasteiger partial charge in [-0.2, -0.15) is 0 Å². The van der Waals surface area contributed by atoms with Gasteiger partial charge in [0.25, 0.3) is 5.91 Å². The van der Waals surface area contributed by atoms with Crippen LogP contribution in [-0.2, 0) is 20.0 Å². The van der Waals surface area contributed by atoms with Crippen molar-refractivity contribution in [1.29, 1.82) is 0 Å². The van der Waals surface area contributed by atoms with Crippen molar-refractivity contribution in [1.82, 2.24) is 28.7 Å². The van der Waals surface area contributed by atoms with Gasteiger partial charge in [0.1, 0.15) is 28.7 Å². The Hall–Kier alpha value is -6.40. The van der Waals surface area contributed by atoms with Crippen molar-refractivity contribution < 1.29 is 27.0 Å². The summed E-state index contributed by atoms with van der Waals surface area (Å²) in [6, 6.07) is 14.5. The summed E-state index contributed by atoms with van der Waals surface area (Å²) in [5, 5.41) is 4.99. The molecule has 18 heteroatoms. The van der Waals surface area contributed by atoms with Gasteiger partial charge in [0.2, 0.25) is 0 Å². The van der Waals surface area contributed by atoms with Gasteiger partial charge < -0.3 is 19.9 Å². The van der Waals surface area contributed by atoms with Crippen molar-refractivity contribution in [3.8, 4) is 5.69 Å². The normalized spacial score (nSPS) is 22.9. The molecule has 15 nitrogen and oxygen atoms in total. The van der Waals surface area contributed by atoms with Gasteiger partial charge in [0.15, 0.2) is 5.82 Å². The molecule has 1 aliphatic carbocycles. The number of aliphatic imine (C=N–C) groups is 1. The SMILES string of the molecule is CCS(=O)(=NC)c1ccc(-n2ccn(C(=Nc3cc(C)c(F)c(C)c3)C3=C(N)CCN(C(=O)c4cc5cc([C@H]6CCOC(C)(C)C6)ccc5n4[C@@]4(c5noc(=O)[nH]5)C[C@@H]4C)[C@H]3C)c2=O)c(F)c1. The number of amides is 1. The summed E-state index contributed by atoms with van der Waals surface area (Å²) in [6.07, 6.45) is 5.30. The minimum atomic E-state index is -2.86. The van der Waals surface area contributed by atoms with Gasteiger partial charge in [0.05, 0.1) is 37.6 Å². The monoisotopic (exact) mass is 935 g/mol. The van der Waals surface area contributed by atoms with Gasteiger partial charge in [-0.1, -0.05) is 25.1 Å². The predicted octanol–water partition coefficient (Wildman–Crippen LogP) is 7.82. The van der Waals surface area contributed by atoms with Gasteiger partial charge in [0, 0.05) is 66.9 Å². The Morgan fingerprint density at radius 3 is 2.39 bits per heavy atom. The lowest BCUT2D eigenvalue weighted by atomic mass is 9.83. The molecule has 2 aliphatic heterocycles. The van der Waals surface area contributed by atoms with E-state index in [0.29, 0.717) is 52.6 Å². The summed E-state index contributed by atoms with van der Waals surface area (Å²) in [5.74, 6) is -1.47. The molecule has 3 aromatic carbocycles. The lowest BCUT2D eigenvalue weighted by Crippen LogP contribution is -2.49. The number of rotatable bonds is 9. The molecule has 3 aliphatic rings. The molecular formula is C49H55F2N9O6S. The fraction of sp³-hybridized carbons (Fsp3) is 0.408. The molecule has 352 valence electrons. The molecule has 6 aromatic rings. The molecule has 2 fully saturated rings. The molecule has 1 unspecified atom stereocenters. The quantitative estimate of drug-likeness (QED) is 0.108. The number of nitrogens with one attached hydrogen (secondary N) is 1. The molecule has 5 heterocycles. The molecule has 3 aromatic heterocycles. The third-order valence-corrected chi connectivity index (χ3v) is 16.3. The fourth-order valence-corrected chi connectivity index (χ4v) is 11.6. The number of fused-ring (bicyclic) bond motifs is 1. The summed E-state index contributed by atoms with van der Waals surface area (Å²) in [6.45, 7) is 13.8. The van der Waals surface area contributed by atoms with Crippen LogP contribution in [0.2, 0.25) is 0 Å². The average molecular weight is 936 g/mol. The maximum absolute atomic E-state index is 16.0. The van der Waals surface area contributed by atoms with Gasteiger partial charge >= 0.3 is 11.4 Å². The van der Waals surface area contributed by atoms with E-state index in [1.165, 1.54) is 36.1 Å². The van der Waals surface area contributed by atoms with Gasteiger partial charge in [-0.3, -0.25) is 23.4 Å². The van der Waals surface area contributed by atoms with E-state index in [1.54, 1.807) is 37.8 Å². The number of benzene rings is 3. The minimum absolute atomic E-state index is 0.0352. The Morgan fingerprint density at radius 2 is 1.76 bits per heavy atom. The number of nitrogens with zero attached hydrogens (tertiary/aromatic N) is 7. The first-order valence-corrected chi connectivity index (χ1v) is 24.2. The smallest absolute Gasteiger partial charge is 0.402 e. The highest BCUT2D eigenvalue weighted by molar-refractivity contribution is 7.93. The second kappa shape index (κ2) is 16.7. The largest absolute Gasteiger partial charge is 0.438 e. The molecule has 0 spiro atoms. The topological polar surface area (TPSA) is 188 Å². The lowest BCUT2D eigenvalue weighted by molar-refractivity contribution is -0.0592. The molecule has 3 N–H and O–H groups in total. The van der Waals surface area contributed by atoms with Crippen molar-refractivity contribution in [2.45, 2.75) is 102 Å². The third-order valence-electron chi connectivity index (χ3n) is 14.0. The van der Waals surface area contributed by atoms with E-state index in [1.807, 2.05) is 30.5 Å². The Bertz CT molecular complexity index is 3290. The number of hydrogen-bond donors (Lipinski definition) is 2. The number of aromatic nitrogens is 5. The molecule has 67 heavy (non-hydrogen) atoms. The second-order valence-electron chi connectivity index (χ2n) is 18.7. The van der Waals surface area contributed by atoms with Gasteiger partial charge in [-0.15, -0.1) is 0 Å². The second-order valence-corrected chi connectivity index (χ2v) is 21.4. The van der Waals surface area contributed by atoms with Gasteiger partial charge in [-0.25, -0.2) is 31.9 Å². The van der Waals surface area contributed by atoms with Gasteiger partial charge in [-0.05, 0) is 131 Å². The van der Waals surface area contributed by atoms with Crippen LogP contribution in [0.3, 0.4) is 0 Å². The zero-order chi connectivity index (χ0) is 47.9. The van der Waals surface area contributed by atoms with Crippen molar-refractivity contribution in [3.63, 3.8) is 0 Å². The van der Waals surface area contributed by atoms with Crippen molar-refractivity contribution in [3.05, 3.63) is 139 Å². The van der Waals surface area contributed by atoms with Crippen LogP contribution < -0.4 is 17.2 Å². The molecule has 1 amide bonds.